The number of nitrogens with one attached hydrogen (secondary N) is 3. The molecule has 4 aromatic rings. The van der Waals surface area contributed by atoms with Gasteiger partial charge in [0.1, 0.15) is 4.75 Å². The van der Waals surface area contributed by atoms with E-state index in [0.717, 1.165) is 37.0 Å². The van der Waals surface area contributed by atoms with Crippen molar-refractivity contribution in [3.63, 3.8) is 0 Å². The lowest BCUT2D eigenvalue weighted by molar-refractivity contribution is -0.135. The van der Waals surface area contributed by atoms with Crippen molar-refractivity contribution in [2.75, 3.05) is 19.6 Å². The summed E-state index contributed by atoms with van der Waals surface area (Å²) < 4.78 is -0.186. The Labute approximate surface area is 286 Å². The average molecular weight is 723 g/mol. The van der Waals surface area contributed by atoms with Gasteiger partial charge in [0.15, 0.2) is 0 Å². The second kappa shape index (κ2) is 13.7. The van der Waals surface area contributed by atoms with E-state index in [1.807, 2.05) is 96.6 Å². The topological polar surface area (TPSA) is 97.5 Å². The minimum absolute atomic E-state index is 0.0235. The zero-order chi connectivity index (χ0) is 32.4. The summed E-state index contributed by atoms with van der Waals surface area (Å²) in [6, 6.07) is 21.0. The molecule has 3 heterocycles. The van der Waals surface area contributed by atoms with Gasteiger partial charge in [-0.25, -0.2) is 4.79 Å². The van der Waals surface area contributed by atoms with E-state index in [2.05, 4.69) is 31.5 Å². The van der Waals surface area contributed by atoms with Gasteiger partial charge in [-0.1, -0.05) is 63.4 Å². The molecule has 240 valence electrons. The monoisotopic (exact) mass is 721 g/mol. The molecule has 4 amide bonds. The van der Waals surface area contributed by atoms with Crippen molar-refractivity contribution in [2.24, 2.45) is 0 Å². The van der Waals surface area contributed by atoms with Crippen LogP contribution in [0.25, 0.3) is 10.9 Å². The largest absolute Gasteiger partial charge is 0.361 e. The molecule has 1 unspecified atom stereocenters. The average Bonchev–Trinajstić information content (AvgIpc) is 3.56. The fourth-order valence-corrected chi connectivity index (χ4v) is 8.49. The quantitative estimate of drug-likeness (QED) is 0.179. The highest BCUT2D eigenvalue weighted by atomic mass is 79.9. The number of thioether (sulfide) groups is 1. The Hall–Kier alpha value is -3.47. The Bertz CT molecular complexity index is 1740. The molecule has 2 aliphatic heterocycles. The Morgan fingerprint density at radius 2 is 1.78 bits per heavy atom. The number of nitrogens with zero attached hydrogens (tertiary/aromatic N) is 2. The lowest BCUT2D eigenvalue weighted by atomic mass is 9.89. The third-order valence-electron chi connectivity index (χ3n) is 8.86. The molecule has 3 N–H and O–H groups in total. The molecule has 11 heteroatoms. The predicted octanol–water partition coefficient (Wildman–Crippen LogP) is 7.21. The summed E-state index contributed by atoms with van der Waals surface area (Å²) in [6.45, 7) is 5.81. The van der Waals surface area contributed by atoms with Crippen LogP contribution in [0, 0.1) is 6.92 Å². The molecule has 46 heavy (non-hydrogen) atoms. The molecule has 0 saturated carbocycles. The molecule has 3 aromatic carbocycles. The first kappa shape index (κ1) is 32.5. The normalized spacial score (nSPS) is 20.3. The third-order valence-corrected chi connectivity index (χ3v) is 11.0. The van der Waals surface area contributed by atoms with Crippen molar-refractivity contribution < 1.29 is 14.4 Å². The smallest absolute Gasteiger partial charge is 0.314 e. The van der Waals surface area contributed by atoms with E-state index < -0.39 is 10.8 Å². The number of benzene rings is 3. The van der Waals surface area contributed by atoms with Crippen LogP contribution in [0.15, 0.2) is 82.3 Å². The van der Waals surface area contributed by atoms with Crippen molar-refractivity contribution in [1.29, 1.82) is 0 Å². The summed E-state index contributed by atoms with van der Waals surface area (Å²) in [4.78, 5) is 49.6. The molecule has 8 nitrogen and oxygen atoms in total. The third kappa shape index (κ3) is 6.66. The number of rotatable bonds is 8. The van der Waals surface area contributed by atoms with E-state index in [4.69, 9.17) is 11.6 Å². The minimum atomic E-state index is -1.14. The molecular weight excluding hydrogens is 686 g/mol. The number of hydrogen-bond acceptors (Lipinski definition) is 4. The highest BCUT2D eigenvalue weighted by Crippen LogP contribution is 2.55. The summed E-state index contributed by atoms with van der Waals surface area (Å²) in [7, 11) is 0. The van der Waals surface area contributed by atoms with E-state index in [1.54, 1.807) is 0 Å². The molecule has 2 atom stereocenters. The van der Waals surface area contributed by atoms with Crippen LogP contribution in [0.4, 0.5) is 4.79 Å². The maximum Gasteiger partial charge on any atom is 0.314 e. The van der Waals surface area contributed by atoms with E-state index in [0.29, 0.717) is 44.0 Å². The van der Waals surface area contributed by atoms with Gasteiger partial charge in [-0.15, -0.1) is 11.8 Å². The number of piperidine rings is 1. The van der Waals surface area contributed by atoms with Crippen molar-refractivity contribution in [3.8, 4) is 0 Å². The number of hydrogen-bond donors (Lipinski definition) is 3. The SMILES string of the molecule is CCNC(=O)NC1CCN(C(=O)[C@]2(Sc3ccc(C)cc3)CC(=O)N(Cc3ccc(Br)cc3)C2c2c[nH]c3cc(Cl)ccc23)CC1. The summed E-state index contributed by atoms with van der Waals surface area (Å²) in [5, 5.41) is 7.36. The van der Waals surface area contributed by atoms with Crippen LogP contribution in [0.1, 0.15) is 48.9 Å². The van der Waals surface area contributed by atoms with E-state index in [9.17, 15) is 9.59 Å². The van der Waals surface area contributed by atoms with Gasteiger partial charge in [0.25, 0.3) is 0 Å². The van der Waals surface area contributed by atoms with Gasteiger partial charge in [-0.2, -0.15) is 0 Å². The number of aryl methyl sites for hydroxylation is 1. The number of amides is 4. The van der Waals surface area contributed by atoms with Crippen molar-refractivity contribution in [3.05, 3.63) is 99.1 Å². The van der Waals surface area contributed by atoms with Gasteiger partial charge in [0.2, 0.25) is 11.8 Å². The number of carbonyl (C=O) groups is 3. The number of H-pyrrole nitrogens is 1. The van der Waals surface area contributed by atoms with Crippen LogP contribution in [-0.2, 0) is 16.1 Å². The number of halogens is 2. The van der Waals surface area contributed by atoms with Crippen LogP contribution < -0.4 is 10.6 Å². The zero-order valence-electron chi connectivity index (χ0n) is 25.8. The van der Waals surface area contributed by atoms with Crippen LogP contribution in [0.3, 0.4) is 0 Å². The van der Waals surface area contributed by atoms with Gasteiger partial charge in [-0.05, 0) is 68.7 Å². The lowest BCUT2D eigenvalue weighted by Gasteiger charge is -2.41. The molecule has 2 saturated heterocycles. The van der Waals surface area contributed by atoms with E-state index >= 15 is 4.79 Å². The number of likely N-dealkylation sites (tertiary alicyclic amines) is 2. The van der Waals surface area contributed by atoms with Gasteiger partial charge in [-0.3, -0.25) is 9.59 Å². The first-order chi connectivity index (χ1) is 22.2. The lowest BCUT2D eigenvalue weighted by Crippen LogP contribution is -2.55. The predicted molar refractivity (Wildman–Crippen MR) is 187 cm³/mol. The molecule has 0 aliphatic carbocycles. The van der Waals surface area contributed by atoms with Gasteiger partial charge >= 0.3 is 6.03 Å². The van der Waals surface area contributed by atoms with Crippen LogP contribution >= 0.6 is 39.3 Å². The summed E-state index contributed by atoms with van der Waals surface area (Å²) >= 11 is 11.4. The standard InChI is InChI=1S/C35H37BrClN5O3S/c1-3-38-34(45)40-26-14-16-41(17-15-26)33(44)35(46-27-11-4-22(2)5-12-27)19-31(43)42(21-23-6-8-24(36)9-7-23)32(35)29-20-39-30-18-25(37)10-13-28(29)30/h4-13,18,20,26,32,39H,3,14-17,19,21H2,1-2H3,(H2,38,40,45)/t32?,35-/m0/s1. The second-order valence-corrected chi connectivity index (χ2v) is 14.8. The molecule has 2 fully saturated rings. The summed E-state index contributed by atoms with van der Waals surface area (Å²) in [5.74, 6) is -0.133. The Balaban J connectivity index is 1.43. The Kier molecular flexibility index (Phi) is 9.68. The Morgan fingerprint density at radius 3 is 2.48 bits per heavy atom. The van der Waals surface area contributed by atoms with Gasteiger partial charge < -0.3 is 25.4 Å². The molecule has 0 spiro atoms. The minimum Gasteiger partial charge on any atom is -0.361 e. The van der Waals surface area contributed by atoms with Crippen LogP contribution in [0.5, 0.6) is 0 Å². The maximum atomic E-state index is 15.1. The number of urea groups is 1. The number of aromatic amines is 1. The van der Waals surface area contributed by atoms with Gasteiger partial charge in [0, 0.05) is 69.3 Å². The number of carbonyl (C=O) groups excluding carboxylic acids is 3. The summed E-state index contributed by atoms with van der Waals surface area (Å²) in [6.07, 6.45) is 3.27. The fraction of sp³-hybridized carbons (Fsp3) is 0.343. The molecule has 1 aromatic heterocycles. The highest BCUT2D eigenvalue weighted by molar-refractivity contribution is 9.10. The molecule has 6 rings (SSSR count). The van der Waals surface area contributed by atoms with Crippen LogP contribution in [-0.4, -0.2) is 63.1 Å². The molecule has 0 bridgehead atoms. The molecular formula is C35H37BrClN5O3S. The van der Waals surface area contributed by atoms with Gasteiger partial charge in [0.05, 0.1) is 12.5 Å². The first-order valence-electron chi connectivity index (χ1n) is 15.6. The van der Waals surface area contributed by atoms with E-state index in [-0.39, 0.29) is 30.3 Å². The van der Waals surface area contributed by atoms with Crippen molar-refractivity contribution in [1.82, 2.24) is 25.4 Å². The second-order valence-electron chi connectivity index (χ2n) is 12.0. The van der Waals surface area contributed by atoms with Crippen LogP contribution in [0.2, 0.25) is 5.02 Å². The maximum absolute atomic E-state index is 15.1. The molecule has 2 aliphatic rings. The van der Waals surface area contributed by atoms with Crippen molar-refractivity contribution in [2.45, 2.75) is 61.4 Å². The first-order valence-corrected chi connectivity index (χ1v) is 17.6. The zero-order valence-corrected chi connectivity index (χ0v) is 29.0. The van der Waals surface area contributed by atoms with Crippen molar-refractivity contribution >= 4 is 68.0 Å². The molecule has 0 radical (unpaired) electrons. The fourth-order valence-electron chi connectivity index (χ4n) is 6.59. The summed E-state index contributed by atoms with van der Waals surface area (Å²) in [5.41, 5.74) is 3.83. The number of aromatic nitrogens is 1. The number of fused-ring (bicyclic) bond motifs is 1. The highest BCUT2D eigenvalue weighted by Gasteiger charge is 2.59. The Morgan fingerprint density at radius 1 is 1.07 bits per heavy atom. The van der Waals surface area contributed by atoms with E-state index in [1.165, 1.54) is 11.8 Å².